The first kappa shape index (κ1) is 26.7. The van der Waals surface area contributed by atoms with Gasteiger partial charge in [0.25, 0.3) is 0 Å². The lowest BCUT2D eigenvalue weighted by Crippen LogP contribution is -2.54. The van der Waals surface area contributed by atoms with Gasteiger partial charge in [-0.15, -0.1) is 0 Å². The number of amides is 1. The second-order valence-electron chi connectivity index (χ2n) is 12.4. The highest BCUT2D eigenvalue weighted by atomic mass is 32.2. The predicted octanol–water partition coefficient (Wildman–Crippen LogP) is 3.23. The standard InChI is InChI=1S/C28H39FN6O3S/c1-5-25(36)34-16-21(10-20(34)13-29)35-24-12-22(39(37,38)32-28(4)8-9-28)11-23(26(24)27(31-35)19-6-7-19)33-14-17(2)30-18(3)15-33/h5,11-12,17-21,30,32H,1,6-10,13-16H2,2-4H3/t17-,18-,20-,21+/m0/s1. The molecule has 0 unspecified atom stereocenters. The van der Waals surface area contributed by atoms with Gasteiger partial charge in [0.2, 0.25) is 15.9 Å². The van der Waals surface area contributed by atoms with E-state index in [2.05, 4.69) is 35.4 Å². The lowest BCUT2D eigenvalue weighted by molar-refractivity contribution is -0.127. The lowest BCUT2D eigenvalue weighted by Gasteiger charge is -2.38. The number of sulfonamides is 1. The molecule has 39 heavy (non-hydrogen) atoms. The number of carbonyl (C=O) groups is 1. The van der Waals surface area contributed by atoms with Crippen molar-refractivity contribution in [3.63, 3.8) is 0 Å². The number of nitrogens with one attached hydrogen (secondary N) is 2. The van der Waals surface area contributed by atoms with Crippen LogP contribution in [0.3, 0.4) is 0 Å². The maximum atomic E-state index is 14.0. The number of nitrogens with zero attached hydrogens (tertiary/aromatic N) is 4. The Morgan fingerprint density at radius 3 is 2.51 bits per heavy atom. The van der Waals surface area contributed by atoms with E-state index in [0.29, 0.717) is 18.9 Å². The average molecular weight is 559 g/mol. The number of rotatable bonds is 8. The maximum Gasteiger partial charge on any atom is 0.246 e. The lowest BCUT2D eigenvalue weighted by atomic mass is 10.1. The molecule has 2 aromatic rings. The molecule has 4 atom stereocenters. The minimum Gasteiger partial charge on any atom is -0.368 e. The fraction of sp³-hybridized carbons (Fsp3) is 0.643. The highest BCUT2D eigenvalue weighted by molar-refractivity contribution is 7.89. The van der Waals surface area contributed by atoms with Crippen molar-refractivity contribution in [2.45, 2.75) is 93.4 Å². The number of alkyl halides is 1. The van der Waals surface area contributed by atoms with Gasteiger partial charge in [0.1, 0.15) is 6.67 Å². The zero-order valence-corrected chi connectivity index (χ0v) is 23.8. The highest BCUT2D eigenvalue weighted by Gasteiger charge is 2.43. The van der Waals surface area contributed by atoms with E-state index in [-0.39, 0.29) is 28.9 Å². The molecule has 4 aliphatic rings. The van der Waals surface area contributed by atoms with Crippen LogP contribution >= 0.6 is 0 Å². The predicted molar refractivity (Wildman–Crippen MR) is 149 cm³/mol. The average Bonchev–Trinajstić information content (AvgIpc) is 3.78. The van der Waals surface area contributed by atoms with Crippen molar-refractivity contribution >= 4 is 32.5 Å². The van der Waals surface area contributed by atoms with Crippen molar-refractivity contribution in [3.8, 4) is 0 Å². The molecule has 1 amide bonds. The van der Waals surface area contributed by atoms with Gasteiger partial charge in [0.05, 0.1) is 28.2 Å². The third-order valence-corrected chi connectivity index (χ3v) is 10.3. The zero-order valence-electron chi connectivity index (χ0n) is 23.0. The fourth-order valence-corrected chi connectivity index (χ4v) is 7.88. The van der Waals surface area contributed by atoms with Gasteiger partial charge in [0, 0.05) is 54.2 Å². The molecule has 2 N–H and O–H groups in total. The van der Waals surface area contributed by atoms with E-state index < -0.39 is 28.3 Å². The number of fused-ring (bicyclic) bond motifs is 1. The summed E-state index contributed by atoms with van der Waals surface area (Å²) < 4.78 is 46.1. The molecule has 2 aliphatic heterocycles. The summed E-state index contributed by atoms with van der Waals surface area (Å²) >= 11 is 0. The van der Waals surface area contributed by atoms with Crippen molar-refractivity contribution < 1.29 is 17.6 Å². The van der Waals surface area contributed by atoms with Gasteiger partial charge in [-0.2, -0.15) is 5.10 Å². The molecule has 0 radical (unpaired) electrons. The number of halogens is 1. The Morgan fingerprint density at radius 2 is 1.92 bits per heavy atom. The molecule has 2 saturated heterocycles. The van der Waals surface area contributed by atoms with Crippen LogP contribution in [0.25, 0.3) is 10.9 Å². The molecule has 2 aliphatic carbocycles. The van der Waals surface area contributed by atoms with Crippen molar-refractivity contribution in [1.82, 2.24) is 24.7 Å². The molecule has 1 aromatic carbocycles. The third-order valence-electron chi connectivity index (χ3n) is 8.72. The molecular formula is C28H39FN6O3S. The Bertz CT molecular complexity index is 1410. The molecule has 0 spiro atoms. The minimum atomic E-state index is -3.79. The molecule has 6 rings (SSSR count). The molecule has 9 nitrogen and oxygen atoms in total. The number of benzene rings is 1. The molecule has 11 heteroatoms. The summed E-state index contributed by atoms with van der Waals surface area (Å²) in [7, 11) is -3.79. The Hall–Kier alpha value is -2.50. The van der Waals surface area contributed by atoms with Gasteiger partial charge in [-0.1, -0.05) is 6.58 Å². The van der Waals surface area contributed by atoms with Gasteiger partial charge in [-0.3, -0.25) is 9.48 Å². The Morgan fingerprint density at radius 1 is 1.23 bits per heavy atom. The summed E-state index contributed by atoms with van der Waals surface area (Å²) in [5.41, 5.74) is 2.21. The van der Waals surface area contributed by atoms with E-state index >= 15 is 0 Å². The van der Waals surface area contributed by atoms with E-state index in [9.17, 15) is 17.6 Å². The van der Waals surface area contributed by atoms with Crippen LogP contribution in [0.5, 0.6) is 0 Å². The van der Waals surface area contributed by atoms with Crippen LogP contribution in [0.2, 0.25) is 0 Å². The molecule has 3 heterocycles. The van der Waals surface area contributed by atoms with E-state index in [1.807, 2.05) is 17.7 Å². The molecule has 1 aromatic heterocycles. The van der Waals surface area contributed by atoms with Gasteiger partial charge < -0.3 is 15.1 Å². The van der Waals surface area contributed by atoms with Gasteiger partial charge in [-0.05, 0) is 71.1 Å². The molecule has 0 bridgehead atoms. The Labute approximate surface area is 229 Å². The van der Waals surface area contributed by atoms with Crippen molar-refractivity contribution in [2.75, 3.05) is 31.2 Å². The smallest absolute Gasteiger partial charge is 0.246 e. The summed E-state index contributed by atoms with van der Waals surface area (Å²) in [6.07, 6.45) is 5.36. The fourth-order valence-electron chi connectivity index (χ4n) is 6.37. The van der Waals surface area contributed by atoms with Crippen molar-refractivity contribution in [2.24, 2.45) is 0 Å². The van der Waals surface area contributed by atoms with Gasteiger partial charge in [0.15, 0.2) is 0 Å². The number of anilines is 1. The zero-order chi connectivity index (χ0) is 27.7. The summed E-state index contributed by atoms with van der Waals surface area (Å²) in [5, 5.41) is 9.65. The first-order chi connectivity index (χ1) is 18.5. The van der Waals surface area contributed by atoms with Crippen LogP contribution in [-0.2, 0) is 14.8 Å². The summed E-state index contributed by atoms with van der Waals surface area (Å²) in [5.74, 6) is 0.0224. The maximum absolute atomic E-state index is 14.0. The number of aromatic nitrogens is 2. The number of carbonyl (C=O) groups excluding carboxylic acids is 1. The second kappa shape index (κ2) is 9.55. The topological polar surface area (TPSA) is 99.6 Å². The van der Waals surface area contributed by atoms with Gasteiger partial charge >= 0.3 is 0 Å². The molecule has 2 saturated carbocycles. The molecule has 4 fully saturated rings. The minimum absolute atomic E-state index is 0.222. The van der Waals surface area contributed by atoms with Crippen LogP contribution in [0.1, 0.15) is 70.5 Å². The van der Waals surface area contributed by atoms with Crippen molar-refractivity contribution in [3.05, 3.63) is 30.5 Å². The van der Waals surface area contributed by atoms with E-state index in [4.69, 9.17) is 5.10 Å². The van der Waals surface area contributed by atoms with E-state index in [0.717, 1.165) is 61.1 Å². The summed E-state index contributed by atoms with van der Waals surface area (Å²) in [6, 6.07) is 3.23. The summed E-state index contributed by atoms with van der Waals surface area (Å²) in [6.45, 7) is 11.0. The molecular weight excluding hydrogens is 519 g/mol. The number of likely N-dealkylation sites (tertiary alicyclic amines) is 1. The monoisotopic (exact) mass is 558 g/mol. The SMILES string of the molecule is C=CC(=O)N1C[C@H](n2nc(C3CC3)c3c(N4C[C@H](C)N[C@@H](C)C4)cc(S(=O)(=O)NC4(C)CC4)cc32)C[C@H]1CF. The van der Waals surface area contributed by atoms with Crippen LogP contribution in [0.4, 0.5) is 10.1 Å². The Kier molecular flexibility index (Phi) is 6.54. The van der Waals surface area contributed by atoms with Crippen molar-refractivity contribution in [1.29, 1.82) is 0 Å². The first-order valence-electron chi connectivity index (χ1n) is 14.1. The van der Waals surface area contributed by atoms with Crippen LogP contribution in [0, 0.1) is 0 Å². The molecule has 212 valence electrons. The van der Waals surface area contributed by atoms with Gasteiger partial charge in [-0.25, -0.2) is 17.5 Å². The number of piperazine rings is 1. The highest BCUT2D eigenvalue weighted by Crippen LogP contribution is 2.47. The normalized spacial score (nSPS) is 28.7. The van der Waals surface area contributed by atoms with Crippen LogP contribution in [-0.4, -0.2) is 79.0 Å². The quantitative estimate of drug-likeness (QED) is 0.483. The van der Waals surface area contributed by atoms with E-state index in [1.165, 1.54) is 11.0 Å². The largest absolute Gasteiger partial charge is 0.368 e. The summed E-state index contributed by atoms with van der Waals surface area (Å²) in [4.78, 5) is 16.5. The van der Waals surface area contributed by atoms with Crippen LogP contribution in [0.15, 0.2) is 29.7 Å². The Balaban J connectivity index is 1.52. The first-order valence-corrected chi connectivity index (χ1v) is 15.6. The third kappa shape index (κ3) is 4.97. The number of hydrogen-bond acceptors (Lipinski definition) is 6. The van der Waals surface area contributed by atoms with Crippen LogP contribution < -0.4 is 14.9 Å². The van der Waals surface area contributed by atoms with E-state index in [1.54, 1.807) is 6.07 Å². The number of hydrogen-bond donors (Lipinski definition) is 2. The second-order valence-corrected chi connectivity index (χ2v) is 14.1.